The van der Waals surface area contributed by atoms with Gasteiger partial charge in [0, 0.05) is 19.3 Å². The van der Waals surface area contributed by atoms with E-state index in [9.17, 15) is 0 Å². The summed E-state index contributed by atoms with van der Waals surface area (Å²) < 4.78 is 5.24. The summed E-state index contributed by atoms with van der Waals surface area (Å²) in [6.45, 7) is 6.80. The van der Waals surface area contributed by atoms with Gasteiger partial charge < -0.3 is 20.3 Å². The van der Waals surface area contributed by atoms with Crippen molar-refractivity contribution in [3.63, 3.8) is 0 Å². The van der Waals surface area contributed by atoms with Gasteiger partial charge in [-0.2, -0.15) is 0 Å². The van der Waals surface area contributed by atoms with Crippen LogP contribution in [0.4, 0.5) is 5.82 Å². The number of hydrogen-bond donors (Lipinski definition) is 2. The fourth-order valence-electron chi connectivity index (χ4n) is 2.80. The lowest BCUT2D eigenvalue weighted by atomic mass is 10.0. The molecule has 2 N–H and O–H groups in total. The zero-order valence-corrected chi connectivity index (χ0v) is 14.3. The Kier molecular flexibility index (Phi) is 6.86. The standard InChI is InChI=1S/C16H26N4OS/c1-13-6-4-10-20(12-13)11-5-9-18-16(22)19-15-14(21-2)7-3-8-17-15/h3,7-8,13H,4-6,9-12H2,1-2H3,(H2,17,18,19,22)/t13-/m0/s1. The number of nitrogens with zero attached hydrogens (tertiary/aromatic N) is 2. The van der Waals surface area contributed by atoms with Crippen molar-refractivity contribution in [1.82, 2.24) is 15.2 Å². The summed E-state index contributed by atoms with van der Waals surface area (Å²) in [4.78, 5) is 6.78. The van der Waals surface area contributed by atoms with Crippen molar-refractivity contribution in [3.05, 3.63) is 18.3 Å². The van der Waals surface area contributed by atoms with Gasteiger partial charge in [0.25, 0.3) is 0 Å². The number of nitrogens with one attached hydrogen (secondary N) is 2. The molecule has 0 aliphatic carbocycles. The highest BCUT2D eigenvalue weighted by Gasteiger charge is 2.15. The molecule has 0 spiro atoms. The lowest BCUT2D eigenvalue weighted by Crippen LogP contribution is -2.37. The first kappa shape index (κ1) is 17.0. The molecule has 22 heavy (non-hydrogen) atoms. The molecule has 0 aromatic carbocycles. The molecule has 1 atom stereocenters. The minimum Gasteiger partial charge on any atom is -0.493 e. The van der Waals surface area contributed by atoms with Crippen molar-refractivity contribution in [3.8, 4) is 5.75 Å². The second kappa shape index (κ2) is 8.90. The highest BCUT2D eigenvalue weighted by molar-refractivity contribution is 7.80. The van der Waals surface area contributed by atoms with Crippen molar-refractivity contribution >= 4 is 23.1 Å². The van der Waals surface area contributed by atoms with E-state index in [-0.39, 0.29) is 0 Å². The molecule has 1 saturated heterocycles. The average molecular weight is 322 g/mol. The molecule has 0 unspecified atom stereocenters. The van der Waals surface area contributed by atoms with Gasteiger partial charge in [-0.1, -0.05) is 6.92 Å². The molecular formula is C16H26N4OS. The SMILES string of the molecule is COc1cccnc1NC(=S)NCCCN1CCC[C@H](C)C1. The van der Waals surface area contributed by atoms with Gasteiger partial charge in [-0.15, -0.1) is 0 Å². The van der Waals surface area contributed by atoms with Crippen LogP contribution in [0.3, 0.4) is 0 Å². The largest absolute Gasteiger partial charge is 0.493 e. The number of pyridine rings is 1. The molecule has 2 heterocycles. The first-order valence-corrected chi connectivity index (χ1v) is 8.36. The van der Waals surface area contributed by atoms with E-state index < -0.39 is 0 Å². The fraction of sp³-hybridized carbons (Fsp3) is 0.625. The molecule has 1 aliphatic rings. The molecular weight excluding hydrogens is 296 g/mol. The monoisotopic (exact) mass is 322 g/mol. The highest BCUT2D eigenvalue weighted by atomic mass is 32.1. The summed E-state index contributed by atoms with van der Waals surface area (Å²) >= 11 is 5.30. The van der Waals surface area contributed by atoms with Gasteiger partial charge in [0.05, 0.1) is 7.11 Å². The van der Waals surface area contributed by atoms with E-state index in [0.29, 0.717) is 16.7 Å². The Labute approximate surface area is 138 Å². The van der Waals surface area contributed by atoms with E-state index in [4.69, 9.17) is 17.0 Å². The number of piperidine rings is 1. The van der Waals surface area contributed by atoms with Crippen molar-refractivity contribution in [2.24, 2.45) is 5.92 Å². The van der Waals surface area contributed by atoms with Crippen LogP contribution in [-0.4, -0.2) is 48.3 Å². The Bertz CT molecular complexity index is 483. The number of likely N-dealkylation sites (tertiary alicyclic amines) is 1. The molecule has 1 fully saturated rings. The van der Waals surface area contributed by atoms with Crippen molar-refractivity contribution in [2.75, 3.05) is 38.6 Å². The van der Waals surface area contributed by atoms with Gasteiger partial charge in [-0.05, 0) is 62.6 Å². The number of anilines is 1. The van der Waals surface area contributed by atoms with E-state index in [2.05, 4.69) is 27.4 Å². The van der Waals surface area contributed by atoms with Crippen molar-refractivity contribution in [1.29, 1.82) is 0 Å². The molecule has 0 amide bonds. The minimum absolute atomic E-state index is 0.587. The summed E-state index contributed by atoms with van der Waals surface area (Å²) in [6, 6.07) is 3.69. The molecule has 0 bridgehead atoms. The van der Waals surface area contributed by atoms with Crippen molar-refractivity contribution < 1.29 is 4.74 Å². The summed E-state index contributed by atoms with van der Waals surface area (Å²) in [7, 11) is 1.62. The maximum atomic E-state index is 5.30. The summed E-state index contributed by atoms with van der Waals surface area (Å²) in [6.07, 6.45) is 5.50. The summed E-state index contributed by atoms with van der Waals surface area (Å²) in [5.41, 5.74) is 0. The quantitative estimate of drug-likeness (QED) is 0.620. The summed E-state index contributed by atoms with van der Waals surface area (Å²) in [5.74, 6) is 2.17. The zero-order valence-electron chi connectivity index (χ0n) is 13.5. The topological polar surface area (TPSA) is 49.4 Å². The minimum atomic E-state index is 0.587. The van der Waals surface area contributed by atoms with Gasteiger partial charge >= 0.3 is 0 Å². The third-order valence-corrected chi connectivity index (χ3v) is 4.15. The van der Waals surface area contributed by atoms with Crippen molar-refractivity contribution in [2.45, 2.75) is 26.2 Å². The second-order valence-electron chi connectivity index (χ2n) is 5.84. The molecule has 0 saturated carbocycles. The predicted octanol–water partition coefficient (Wildman–Crippen LogP) is 2.50. The van der Waals surface area contributed by atoms with E-state index in [1.54, 1.807) is 13.3 Å². The molecule has 5 nitrogen and oxygen atoms in total. The number of ether oxygens (including phenoxy) is 1. The van der Waals surface area contributed by atoms with Gasteiger partial charge in [0.15, 0.2) is 16.7 Å². The Hall–Kier alpha value is -1.40. The van der Waals surface area contributed by atoms with E-state index in [0.717, 1.165) is 25.4 Å². The van der Waals surface area contributed by atoms with Crippen LogP contribution in [-0.2, 0) is 0 Å². The molecule has 0 radical (unpaired) electrons. The summed E-state index contributed by atoms with van der Waals surface area (Å²) in [5, 5.41) is 6.90. The maximum Gasteiger partial charge on any atom is 0.174 e. The maximum absolute atomic E-state index is 5.30. The second-order valence-corrected chi connectivity index (χ2v) is 6.24. The predicted molar refractivity (Wildman–Crippen MR) is 94.5 cm³/mol. The van der Waals surface area contributed by atoms with Gasteiger partial charge in [-0.3, -0.25) is 0 Å². The van der Waals surface area contributed by atoms with Crippen LogP contribution < -0.4 is 15.4 Å². The molecule has 1 aromatic heterocycles. The van der Waals surface area contributed by atoms with Crippen LogP contribution in [0.1, 0.15) is 26.2 Å². The molecule has 6 heteroatoms. The molecule has 122 valence electrons. The van der Waals surface area contributed by atoms with Crippen LogP contribution >= 0.6 is 12.2 Å². The highest BCUT2D eigenvalue weighted by Crippen LogP contribution is 2.19. The third-order valence-electron chi connectivity index (χ3n) is 3.90. The van der Waals surface area contributed by atoms with Gasteiger partial charge in [0.1, 0.15) is 0 Å². The molecule has 2 rings (SSSR count). The number of hydrogen-bond acceptors (Lipinski definition) is 4. The van der Waals surface area contributed by atoms with Crippen LogP contribution in [0.5, 0.6) is 5.75 Å². The van der Waals surface area contributed by atoms with Crippen LogP contribution in [0.15, 0.2) is 18.3 Å². The lowest BCUT2D eigenvalue weighted by Gasteiger charge is -2.30. The van der Waals surface area contributed by atoms with Crippen LogP contribution in [0.2, 0.25) is 0 Å². The first-order valence-electron chi connectivity index (χ1n) is 7.95. The third kappa shape index (κ3) is 5.42. The average Bonchev–Trinajstić information content (AvgIpc) is 2.52. The number of thiocarbonyl (C=S) groups is 1. The van der Waals surface area contributed by atoms with Gasteiger partial charge in [0.2, 0.25) is 0 Å². The zero-order chi connectivity index (χ0) is 15.8. The van der Waals surface area contributed by atoms with E-state index >= 15 is 0 Å². The van der Waals surface area contributed by atoms with E-state index in [1.165, 1.54) is 25.9 Å². The Morgan fingerprint density at radius 2 is 2.41 bits per heavy atom. The first-order chi connectivity index (χ1) is 10.7. The van der Waals surface area contributed by atoms with Crippen LogP contribution in [0.25, 0.3) is 0 Å². The number of methoxy groups -OCH3 is 1. The van der Waals surface area contributed by atoms with Gasteiger partial charge in [-0.25, -0.2) is 4.98 Å². The number of rotatable bonds is 6. The smallest absolute Gasteiger partial charge is 0.174 e. The Balaban J connectivity index is 1.65. The number of aromatic nitrogens is 1. The lowest BCUT2D eigenvalue weighted by molar-refractivity contribution is 0.182. The fourth-order valence-corrected chi connectivity index (χ4v) is 2.99. The van der Waals surface area contributed by atoms with E-state index in [1.807, 2.05) is 12.1 Å². The Morgan fingerprint density at radius 1 is 1.55 bits per heavy atom. The molecule has 1 aromatic rings. The normalized spacial score (nSPS) is 18.7. The van der Waals surface area contributed by atoms with Crippen LogP contribution in [0, 0.1) is 5.92 Å². The molecule has 1 aliphatic heterocycles. The Morgan fingerprint density at radius 3 is 3.18 bits per heavy atom.